The molecule has 8 nitrogen and oxygen atoms in total. The lowest BCUT2D eigenvalue weighted by Gasteiger charge is -2.43. The number of β-lactam (4-membered cyclic amide) rings is 1. The standard InChI is InChI=1S/C20H19BrClNO7S/c1-4-5-29-20(28)18(27)23-17(26)13(7-11(3)24)19(23)31-15(25)9-30-16-10(2)6-12(21)8-14(16)22/h4,6,8,13,19H,1,5,7,9H2,2-3H3/t13-,19-/m1/s1. The van der Waals surface area contributed by atoms with Crippen molar-refractivity contribution in [3.8, 4) is 5.75 Å². The second kappa shape index (κ2) is 10.9. The van der Waals surface area contributed by atoms with E-state index in [1.807, 2.05) is 0 Å². The molecule has 0 unspecified atom stereocenters. The van der Waals surface area contributed by atoms with Crippen LogP contribution in [0.2, 0.25) is 5.02 Å². The summed E-state index contributed by atoms with van der Waals surface area (Å²) in [6.07, 6.45) is 1.11. The summed E-state index contributed by atoms with van der Waals surface area (Å²) in [5, 5.41) is -1.22. The van der Waals surface area contributed by atoms with Crippen molar-refractivity contribution in [2.45, 2.75) is 25.6 Å². The molecular weight excluding hydrogens is 514 g/mol. The molecule has 11 heteroatoms. The first-order valence-electron chi connectivity index (χ1n) is 8.99. The van der Waals surface area contributed by atoms with E-state index in [1.165, 1.54) is 13.0 Å². The predicted molar refractivity (Wildman–Crippen MR) is 118 cm³/mol. The topological polar surface area (TPSA) is 107 Å². The molecule has 1 aromatic rings. The summed E-state index contributed by atoms with van der Waals surface area (Å²) in [6, 6.07) is 3.38. The summed E-state index contributed by atoms with van der Waals surface area (Å²) in [5.74, 6) is -4.03. The Kier molecular flexibility index (Phi) is 8.84. The Labute approximate surface area is 196 Å². The van der Waals surface area contributed by atoms with E-state index in [9.17, 15) is 24.0 Å². The molecule has 0 radical (unpaired) electrons. The van der Waals surface area contributed by atoms with Gasteiger partial charge in [0.1, 0.15) is 23.5 Å². The Morgan fingerprint density at radius 3 is 2.58 bits per heavy atom. The van der Waals surface area contributed by atoms with Crippen LogP contribution in [0.5, 0.6) is 5.75 Å². The molecule has 1 aliphatic rings. The van der Waals surface area contributed by atoms with Crippen molar-refractivity contribution in [2.24, 2.45) is 5.92 Å². The van der Waals surface area contributed by atoms with Gasteiger partial charge in [-0.15, -0.1) is 0 Å². The number of halogens is 2. The number of hydrogen-bond donors (Lipinski definition) is 0. The fourth-order valence-corrected chi connectivity index (χ4v) is 4.94. The van der Waals surface area contributed by atoms with Gasteiger partial charge in [0.25, 0.3) is 0 Å². The molecule has 2 amide bonds. The van der Waals surface area contributed by atoms with Crippen LogP contribution in [0.25, 0.3) is 0 Å². The fraction of sp³-hybridized carbons (Fsp3) is 0.350. The number of amides is 2. The Morgan fingerprint density at radius 1 is 1.32 bits per heavy atom. The van der Waals surface area contributed by atoms with Gasteiger partial charge in [-0.05, 0) is 31.5 Å². The first-order chi connectivity index (χ1) is 14.6. The van der Waals surface area contributed by atoms with Crippen LogP contribution in [0, 0.1) is 12.8 Å². The summed E-state index contributed by atoms with van der Waals surface area (Å²) in [7, 11) is 0. The van der Waals surface area contributed by atoms with E-state index in [4.69, 9.17) is 16.3 Å². The average Bonchev–Trinajstić information content (AvgIpc) is 2.68. The minimum atomic E-state index is -1.25. The number of ketones is 1. The highest BCUT2D eigenvalue weighted by Gasteiger charge is 2.54. The van der Waals surface area contributed by atoms with Crippen LogP contribution < -0.4 is 4.74 Å². The lowest BCUT2D eigenvalue weighted by molar-refractivity contribution is -0.172. The van der Waals surface area contributed by atoms with Gasteiger partial charge in [-0.2, -0.15) is 0 Å². The van der Waals surface area contributed by atoms with Crippen LogP contribution in [0.4, 0.5) is 0 Å². The lowest BCUT2D eigenvalue weighted by atomic mass is 9.92. The Morgan fingerprint density at radius 2 is 2.00 bits per heavy atom. The number of carbonyl (C=O) groups is 5. The van der Waals surface area contributed by atoms with Gasteiger partial charge in [-0.1, -0.05) is 51.9 Å². The number of benzene rings is 1. The zero-order chi connectivity index (χ0) is 23.3. The second-order valence-electron chi connectivity index (χ2n) is 6.62. The van der Waals surface area contributed by atoms with Crippen LogP contribution >= 0.6 is 39.3 Å². The summed E-state index contributed by atoms with van der Waals surface area (Å²) < 4.78 is 10.9. The molecule has 0 spiro atoms. The Balaban J connectivity index is 2.09. The van der Waals surface area contributed by atoms with E-state index < -0.39 is 40.8 Å². The van der Waals surface area contributed by atoms with Crippen molar-refractivity contribution in [3.63, 3.8) is 0 Å². The number of imide groups is 1. The van der Waals surface area contributed by atoms with Crippen molar-refractivity contribution in [2.75, 3.05) is 13.2 Å². The van der Waals surface area contributed by atoms with Crippen LogP contribution in [-0.2, 0) is 28.7 Å². The summed E-state index contributed by atoms with van der Waals surface area (Å²) in [4.78, 5) is 61.1. The van der Waals surface area contributed by atoms with Crippen LogP contribution in [-0.4, -0.2) is 52.2 Å². The van der Waals surface area contributed by atoms with Gasteiger partial charge < -0.3 is 14.3 Å². The molecule has 1 saturated heterocycles. The van der Waals surface area contributed by atoms with Gasteiger partial charge in [0.2, 0.25) is 11.0 Å². The van der Waals surface area contributed by atoms with Crippen molar-refractivity contribution in [1.29, 1.82) is 0 Å². The van der Waals surface area contributed by atoms with Gasteiger partial charge >= 0.3 is 11.9 Å². The molecule has 2 rings (SSSR count). The molecule has 0 N–H and O–H groups in total. The van der Waals surface area contributed by atoms with Gasteiger partial charge in [0.05, 0.1) is 10.9 Å². The van der Waals surface area contributed by atoms with Crippen LogP contribution in [0.15, 0.2) is 29.3 Å². The smallest absolute Gasteiger partial charge is 0.397 e. The fourth-order valence-electron chi connectivity index (χ4n) is 2.84. The monoisotopic (exact) mass is 531 g/mol. The molecule has 0 saturated carbocycles. The van der Waals surface area contributed by atoms with Crippen LogP contribution in [0.3, 0.4) is 0 Å². The third kappa shape index (κ3) is 6.18. The predicted octanol–water partition coefficient (Wildman–Crippen LogP) is 3.07. The van der Waals surface area contributed by atoms with E-state index in [1.54, 1.807) is 19.1 Å². The number of aryl methyl sites for hydroxylation is 1. The zero-order valence-electron chi connectivity index (χ0n) is 16.7. The maximum absolute atomic E-state index is 12.5. The Hall–Kier alpha value is -2.17. The summed E-state index contributed by atoms with van der Waals surface area (Å²) in [6.45, 7) is 5.81. The minimum absolute atomic E-state index is 0.159. The number of esters is 1. The second-order valence-corrected chi connectivity index (χ2v) is 9.11. The number of Topliss-reactive ketones (excluding diaryl/α,β-unsaturated/α-hetero) is 1. The number of rotatable bonds is 8. The van der Waals surface area contributed by atoms with Gasteiger partial charge in [0.15, 0.2) is 6.61 Å². The first-order valence-corrected chi connectivity index (χ1v) is 11.0. The minimum Gasteiger partial charge on any atom is -0.483 e. The average molecular weight is 533 g/mol. The maximum atomic E-state index is 12.5. The number of ether oxygens (including phenoxy) is 2. The molecular formula is C20H19BrClNO7S. The van der Waals surface area contributed by atoms with E-state index in [0.29, 0.717) is 33.0 Å². The molecule has 1 aromatic carbocycles. The summed E-state index contributed by atoms with van der Waals surface area (Å²) >= 11 is 10.1. The molecule has 1 aliphatic heterocycles. The maximum Gasteiger partial charge on any atom is 0.397 e. The number of likely N-dealkylation sites (tertiary alicyclic amines) is 1. The third-order valence-electron chi connectivity index (χ3n) is 4.17. The highest BCUT2D eigenvalue weighted by atomic mass is 79.9. The molecule has 166 valence electrons. The van der Waals surface area contributed by atoms with Crippen LogP contribution in [0.1, 0.15) is 18.9 Å². The number of nitrogens with zero attached hydrogens (tertiary/aromatic N) is 1. The number of carbonyl (C=O) groups excluding carboxylic acids is 5. The van der Waals surface area contributed by atoms with E-state index in [2.05, 4.69) is 27.2 Å². The third-order valence-corrected chi connectivity index (χ3v) is 6.07. The molecule has 31 heavy (non-hydrogen) atoms. The molecule has 0 bridgehead atoms. The lowest BCUT2D eigenvalue weighted by Crippen LogP contribution is -2.64. The van der Waals surface area contributed by atoms with E-state index in [-0.39, 0.29) is 18.8 Å². The molecule has 0 aromatic heterocycles. The van der Waals surface area contributed by atoms with E-state index in [0.717, 1.165) is 4.47 Å². The Bertz CT molecular complexity index is 928. The molecule has 2 atom stereocenters. The molecule has 1 heterocycles. The quantitative estimate of drug-likeness (QED) is 0.218. The van der Waals surface area contributed by atoms with Gasteiger partial charge in [0, 0.05) is 10.9 Å². The van der Waals surface area contributed by atoms with Crippen molar-refractivity contribution < 1.29 is 33.4 Å². The van der Waals surface area contributed by atoms with Gasteiger partial charge in [-0.25, -0.2) is 4.79 Å². The normalized spacial score (nSPS) is 17.5. The van der Waals surface area contributed by atoms with Crippen molar-refractivity contribution in [3.05, 3.63) is 39.8 Å². The van der Waals surface area contributed by atoms with Gasteiger partial charge in [-0.3, -0.25) is 19.3 Å². The summed E-state index contributed by atoms with van der Waals surface area (Å²) in [5.41, 5.74) is 0.701. The highest BCUT2D eigenvalue weighted by Crippen LogP contribution is 2.38. The van der Waals surface area contributed by atoms with Crippen molar-refractivity contribution in [1.82, 2.24) is 4.90 Å². The van der Waals surface area contributed by atoms with Crippen molar-refractivity contribution >= 4 is 68.0 Å². The number of thioether (sulfide) groups is 1. The van der Waals surface area contributed by atoms with E-state index >= 15 is 0 Å². The highest BCUT2D eigenvalue weighted by molar-refractivity contribution is 9.10. The SMILES string of the molecule is C=CCOC(=O)C(=O)N1C(=O)[C@@H](CC(C)=O)[C@H]1SC(=O)COc1c(C)cc(Br)cc1Cl. The zero-order valence-corrected chi connectivity index (χ0v) is 19.8. The largest absolute Gasteiger partial charge is 0.483 e. The first kappa shape index (κ1) is 25.1. The number of hydrogen-bond acceptors (Lipinski definition) is 8. The molecule has 0 aliphatic carbocycles. The molecule has 1 fully saturated rings.